The molecule has 0 atom stereocenters. The van der Waals surface area contributed by atoms with Gasteiger partial charge >= 0.3 is 0 Å². The topological polar surface area (TPSA) is 26.3 Å². The van der Waals surface area contributed by atoms with E-state index in [-0.39, 0.29) is 5.78 Å². The fraction of sp³-hybridized carbons (Fsp3) is 0.125. The third-order valence-corrected chi connectivity index (χ3v) is 5.11. The minimum absolute atomic E-state index is 0.169. The van der Waals surface area contributed by atoms with Crippen LogP contribution in [0.25, 0.3) is 5.57 Å². The lowest BCUT2D eigenvalue weighted by Gasteiger charge is -2.28. The summed E-state index contributed by atoms with van der Waals surface area (Å²) < 4.78 is 5.23. The van der Waals surface area contributed by atoms with E-state index >= 15 is 0 Å². The third kappa shape index (κ3) is 2.74. The van der Waals surface area contributed by atoms with E-state index in [4.69, 9.17) is 4.74 Å². The van der Waals surface area contributed by atoms with Gasteiger partial charge in [0.15, 0.2) is 5.78 Å². The van der Waals surface area contributed by atoms with Crippen molar-refractivity contribution in [2.75, 3.05) is 7.11 Å². The van der Waals surface area contributed by atoms with Gasteiger partial charge in [0.1, 0.15) is 5.75 Å². The Labute approximate surface area is 153 Å². The maximum atomic E-state index is 13.0. The van der Waals surface area contributed by atoms with E-state index in [1.807, 2.05) is 60.7 Å². The molecule has 0 aliphatic heterocycles. The Morgan fingerprint density at radius 2 is 1.31 bits per heavy atom. The minimum Gasteiger partial charge on any atom is -0.497 e. The number of carbonyl (C=O) groups excluding carboxylic acids is 1. The second-order valence-corrected chi connectivity index (χ2v) is 6.59. The fourth-order valence-electron chi connectivity index (χ4n) is 3.75. The van der Waals surface area contributed by atoms with Gasteiger partial charge in [0.25, 0.3) is 0 Å². The van der Waals surface area contributed by atoms with Crippen LogP contribution in [0.5, 0.6) is 5.75 Å². The molecule has 26 heavy (non-hydrogen) atoms. The minimum atomic E-state index is -0.422. The van der Waals surface area contributed by atoms with Crippen LogP contribution in [-0.2, 0) is 10.2 Å². The molecule has 1 aliphatic carbocycles. The predicted octanol–water partition coefficient (Wildman–Crippen LogP) is 5.04. The number of methoxy groups -OCH3 is 1. The van der Waals surface area contributed by atoms with E-state index < -0.39 is 5.41 Å². The molecule has 0 saturated heterocycles. The molecule has 0 spiro atoms. The summed E-state index contributed by atoms with van der Waals surface area (Å²) in [5.74, 6) is 0.958. The zero-order chi connectivity index (χ0) is 18.0. The Balaban J connectivity index is 1.87. The van der Waals surface area contributed by atoms with Gasteiger partial charge in [0, 0.05) is 17.4 Å². The Kier molecular flexibility index (Phi) is 4.18. The molecule has 3 aromatic rings. The predicted molar refractivity (Wildman–Crippen MR) is 104 cm³/mol. The van der Waals surface area contributed by atoms with Gasteiger partial charge in [-0.2, -0.15) is 0 Å². The fourth-order valence-corrected chi connectivity index (χ4v) is 3.75. The van der Waals surface area contributed by atoms with Crippen LogP contribution < -0.4 is 4.74 Å². The lowest BCUT2D eigenvalue weighted by Crippen LogP contribution is -2.24. The van der Waals surface area contributed by atoms with Crippen LogP contribution in [0.2, 0.25) is 0 Å². The number of hydrogen-bond donors (Lipinski definition) is 0. The lowest BCUT2D eigenvalue weighted by atomic mass is 9.74. The molecule has 0 N–H and O–H groups in total. The van der Waals surface area contributed by atoms with Crippen molar-refractivity contribution in [1.82, 2.24) is 0 Å². The number of benzene rings is 3. The molecule has 1 aliphatic rings. The lowest BCUT2D eigenvalue weighted by molar-refractivity contribution is -0.113. The molecule has 0 unspecified atom stereocenters. The summed E-state index contributed by atoms with van der Waals surface area (Å²) in [6, 6.07) is 28.3. The summed E-state index contributed by atoms with van der Waals surface area (Å²) in [5.41, 5.74) is 3.57. The maximum Gasteiger partial charge on any atom is 0.164 e. The molecule has 0 amide bonds. The molecule has 0 bridgehead atoms. The highest BCUT2D eigenvalue weighted by molar-refractivity contribution is 6.24. The van der Waals surface area contributed by atoms with Gasteiger partial charge in [-0.05, 0) is 28.8 Å². The number of ketones is 1. The van der Waals surface area contributed by atoms with Gasteiger partial charge in [-0.25, -0.2) is 0 Å². The van der Waals surface area contributed by atoms with Gasteiger partial charge in [0.2, 0.25) is 0 Å². The summed E-state index contributed by atoms with van der Waals surface area (Å²) in [7, 11) is 1.64. The standard InChI is InChI=1S/C24H20O2/c1-26-21-14-12-18(13-15-21)22-16-24(17-23(22)25,19-8-4-2-5-9-19)20-10-6-3-7-11-20/h2-16H,17H2,1H3. The number of Topliss-reactive ketones (excluding diaryl/α,β-unsaturated/α-hetero) is 1. The van der Waals surface area contributed by atoms with E-state index in [1.165, 1.54) is 0 Å². The Hall–Kier alpha value is -3.13. The largest absolute Gasteiger partial charge is 0.497 e. The van der Waals surface area contributed by atoms with E-state index in [1.54, 1.807) is 7.11 Å². The summed E-state index contributed by atoms with van der Waals surface area (Å²) >= 11 is 0. The monoisotopic (exact) mass is 340 g/mol. The Morgan fingerprint density at radius 3 is 1.81 bits per heavy atom. The first-order valence-corrected chi connectivity index (χ1v) is 8.74. The average Bonchev–Trinajstić information content (AvgIpc) is 3.08. The smallest absolute Gasteiger partial charge is 0.164 e. The van der Waals surface area contributed by atoms with E-state index in [9.17, 15) is 4.79 Å². The molecular formula is C24H20O2. The van der Waals surface area contributed by atoms with Gasteiger partial charge in [-0.15, -0.1) is 0 Å². The van der Waals surface area contributed by atoms with Gasteiger partial charge < -0.3 is 4.74 Å². The molecule has 0 heterocycles. The van der Waals surface area contributed by atoms with Crippen molar-refractivity contribution in [2.45, 2.75) is 11.8 Å². The highest BCUT2D eigenvalue weighted by Crippen LogP contribution is 2.45. The molecule has 4 rings (SSSR count). The SMILES string of the molecule is COc1ccc(C2=CC(c3ccccc3)(c3ccccc3)CC2=O)cc1. The van der Waals surface area contributed by atoms with Crippen molar-refractivity contribution in [2.24, 2.45) is 0 Å². The van der Waals surface area contributed by atoms with Crippen molar-refractivity contribution < 1.29 is 9.53 Å². The molecule has 128 valence electrons. The molecule has 2 heteroatoms. The third-order valence-electron chi connectivity index (χ3n) is 5.11. The first-order valence-electron chi connectivity index (χ1n) is 8.74. The van der Waals surface area contributed by atoms with Crippen molar-refractivity contribution in [3.05, 3.63) is 108 Å². The highest BCUT2D eigenvalue weighted by Gasteiger charge is 2.41. The number of rotatable bonds is 4. The van der Waals surface area contributed by atoms with Crippen LogP contribution >= 0.6 is 0 Å². The van der Waals surface area contributed by atoms with Crippen molar-refractivity contribution in [3.8, 4) is 5.75 Å². The van der Waals surface area contributed by atoms with Crippen LogP contribution in [0.4, 0.5) is 0 Å². The summed E-state index contributed by atoms with van der Waals surface area (Å²) in [4.78, 5) is 13.0. The Morgan fingerprint density at radius 1 is 0.769 bits per heavy atom. The van der Waals surface area contributed by atoms with Crippen LogP contribution in [0.3, 0.4) is 0 Å². The average molecular weight is 340 g/mol. The van der Waals surface area contributed by atoms with Crippen LogP contribution in [0, 0.1) is 0 Å². The summed E-state index contributed by atoms with van der Waals surface area (Å²) in [6.45, 7) is 0. The van der Waals surface area contributed by atoms with Crippen LogP contribution in [-0.4, -0.2) is 12.9 Å². The molecule has 0 fully saturated rings. The van der Waals surface area contributed by atoms with Crippen molar-refractivity contribution >= 4 is 11.4 Å². The zero-order valence-corrected chi connectivity index (χ0v) is 14.7. The normalized spacial score (nSPS) is 15.6. The maximum absolute atomic E-state index is 13.0. The summed E-state index contributed by atoms with van der Waals surface area (Å²) in [5, 5.41) is 0. The number of allylic oxidation sites excluding steroid dienone is 2. The molecule has 0 saturated carbocycles. The molecule has 0 radical (unpaired) electrons. The van der Waals surface area contributed by atoms with Gasteiger partial charge in [0.05, 0.1) is 7.11 Å². The number of ether oxygens (including phenoxy) is 1. The van der Waals surface area contributed by atoms with E-state index in [0.717, 1.165) is 28.0 Å². The molecule has 2 nitrogen and oxygen atoms in total. The van der Waals surface area contributed by atoms with E-state index in [2.05, 4.69) is 30.3 Å². The van der Waals surface area contributed by atoms with Gasteiger partial charge in [-0.1, -0.05) is 78.9 Å². The molecule has 3 aromatic carbocycles. The zero-order valence-electron chi connectivity index (χ0n) is 14.7. The Bertz CT molecular complexity index is 899. The van der Waals surface area contributed by atoms with Crippen LogP contribution in [0.1, 0.15) is 23.1 Å². The van der Waals surface area contributed by atoms with Crippen molar-refractivity contribution in [3.63, 3.8) is 0 Å². The highest BCUT2D eigenvalue weighted by atomic mass is 16.5. The molecular weight excluding hydrogens is 320 g/mol. The number of carbonyl (C=O) groups is 1. The van der Waals surface area contributed by atoms with Gasteiger partial charge in [-0.3, -0.25) is 4.79 Å². The first-order chi connectivity index (χ1) is 12.7. The van der Waals surface area contributed by atoms with E-state index in [0.29, 0.717) is 6.42 Å². The summed E-state index contributed by atoms with van der Waals surface area (Å²) in [6.07, 6.45) is 2.59. The molecule has 0 aromatic heterocycles. The second-order valence-electron chi connectivity index (χ2n) is 6.59. The van der Waals surface area contributed by atoms with Crippen molar-refractivity contribution in [1.29, 1.82) is 0 Å². The first kappa shape index (κ1) is 16.3. The quantitative estimate of drug-likeness (QED) is 0.665. The van der Waals surface area contributed by atoms with Crippen LogP contribution in [0.15, 0.2) is 91.0 Å². The number of hydrogen-bond acceptors (Lipinski definition) is 2. The second kappa shape index (κ2) is 6.64.